The van der Waals surface area contributed by atoms with E-state index in [1.165, 1.54) is 22.7 Å². The Kier molecular flexibility index (Phi) is 4.66. The lowest BCUT2D eigenvalue weighted by Crippen LogP contribution is -2.61. The molecule has 1 unspecified atom stereocenters. The van der Waals surface area contributed by atoms with Crippen LogP contribution in [0.15, 0.2) is 23.1 Å². The third-order valence-corrected chi connectivity index (χ3v) is 8.60. The first-order chi connectivity index (χ1) is 13.9. The van der Waals surface area contributed by atoms with Crippen molar-refractivity contribution in [3.63, 3.8) is 0 Å². The van der Waals surface area contributed by atoms with Gasteiger partial charge in [0.1, 0.15) is 0 Å². The number of amides is 2. The number of nitrogens with one attached hydrogen (secondary N) is 1. The van der Waals surface area contributed by atoms with E-state index in [2.05, 4.69) is 5.32 Å². The molecular weight excluding hydrogens is 390 g/mol. The zero-order chi connectivity index (χ0) is 20.2. The second-order valence-electron chi connectivity index (χ2n) is 8.90. The van der Waals surface area contributed by atoms with Crippen LogP contribution >= 0.6 is 0 Å². The topological polar surface area (TPSA) is 86.8 Å². The lowest BCUT2D eigenvalue weighted by Gasteiger charge is -2.43. The minimum atomic E-state index is -3.53. The van der Waals surface area contributed by atoms with Crippen molar-refractivity contribution in [1.82, 2.24) is 14.5 Å². The van der Waals surface area contributed by atoms with Gasteiger partial charge in [0, 0.05) is 32.6 Å². The van der Waals surface area contributed by atoms with Gasteiger partial charge in [0.15, 0.2) is 0 Å². The number of rotatable bonds is 6. The molecule has 1 N–H and O–H groups in total. The SMILES string of the molecule is O=C(NCC1CC1)C1CC(=O)N(C2CN(S(=O)(=O)c3ccc4c(c3)CCC4)C2)C1. The fourth-order valence-corrected chi connectivity index (χ4v) is 6.21. The summed E-state index contributed by atoms with van der Waals surface area (Å²) in [4.78, 5) is 26.8. The zero-order valence-corrected chi connectivity index (χ0v) is 17.3. The molecule has 4 aliphatic rings. The Morgan fingerprint density at radius 3 is 2.62 bits per heavy atom. The van der Waals surface area contributed by atoms with Crippen LogP contribution in [0, 0.1) is 11.8 Å². The molecule has 2 aliphatic carbocycles. The summed E-state index contributed by atoms with van der Waals surface area (Å²) in [6.45, 7) is 1.72. The molecule has 5 rings (SSSR count). The smallest absolute Gasteiger partial charge is 0.243 e. The summed E-state index contributed by atoms with van der Waals surface area (Å²) in [5, 5.41) is 2.95. The maximum Gasteiger partial charge on any atom is 0.243 e. The highest BCUT2D eigenvalue weighted by molar-refractivity contribution is 7.89. The first-order valence-corrected chi connectivity index (χ1v) is 12.0. The van der Waals surface area contributed by atoms with E-state index in [0.29, 0.717) is 37.0 Å². The molecule has 2 heterocycles. The van der Waals surface area contributed by atoms with E-state index in [-0.39, 0.29) is 30.2 Å². The van der Waals surface area contributed by atoms with Crippen molar-refractivity contribution in [3.8, 4) is 0 Å². The first-order valence-electron chi connectivity index (χ1n) is 10.6. The minimum Gasteiger partial charge on any atom is -0.356 e. The number of nitrogens with zero attached hydrogens (tertiary/aromatic N) is 2. The summed E-state index contributed by atoms with van der Waals surface area (Å²) >= 11 is 0. The number of hydrogen-bond donors (Lipinski definition) is 1. The quantitative estimate of drug-likeness (QED) is 0.746. The maximum absolute atomic E-state index is 12.9. The van der Waals surface area contributed by atoms with Gasteiger partial charge in [0.2, 0.25) is 21.8 Å². The van der Waals surface area contributed by atoms with Gasteiger partial charge in [-0.2, -0.15) is 4.31 Å². The maximum atomic E-state index is 12.9. The molecule has 1 saturated carbocycles. The molecule has 1 aromatic carbocycles. The number of aryl methyl sites for hydroxylation is 2. The molecule has 2 saturated heterocycles. The van der Waals surface area contributed by atoms with Gasteiger partial charge in [0.25, 0.3) is 0 Å². The molecule has 0 spiro atoms. The van der Waals surface area contributed by atoms with E-state index in [1.54, 1.807) is 11.0 Å². The van der Waals surface area contributed by atoms with E-state index in [4.69, 9.17) is 0 Å². The molecule has 29 heavy (non-hydrogen) atoms. The van der Waals surface area contributed by atoms with Crippen molar-refractivity contribution in [2.24, 2.45) is 11.8 Å². The lowest BCUT2D eigenvalue weighted by atomic mass is 10.1. The number of sulfonamides is 1. The van der Waals surface area contributed by atoms with E-state index in [1.807, 2.05) is 12.1 Å². The molecule has 7 nitrogen and oxygen atoms in total. The first kappa shape index (κ1) is 19.1. The van der Waals surface area contributed by atoms with Crippen molar-refractivity contribution >= 4 is 21.8 Å². The molecule has 8 heteroatoms. The fraction of sp³-hybridized carbons (Fsp3) is 0.619. The predicted octanol–water partition coefficient (Wildman–Crippen LogP) is 0.923. The molecular formula is C21H27N3O4S. The van der Waals surface area contributed by atoms with Crippen molar-refractivity contribution in [1.29, 1.82) is 0 Å². The van der Waals surface area contributed by atoms with Crippen molar-refractivity contribution in [3.05, 3.63) is 29.3 Å². The van der Waals surface area contributed by atoms with Crippen molar-refractivity contribution in [2.75, 3.05) is 26.2 Å². The Labute approximate surface area is 171 Å². The molecule has 156 valence electrons. The second-order valence-corrected chi connectivity index (χ2v) is 10.8. The summed E-state index contributed by atoms with van der Waals surface area (Å²) in [6, 6.07) is 5.31. The number of likely N-dealkylation sites (tertiary alicyclic amines) is 1. The van der Waals surface area contributed by atoms with E-state index >= 15 is 0 Å². The van der Waals surface area contributed by atoms with Gasteiger partial charge in [-0.05, 0) is 61.3 Å². The van der Waals surface area contributed by atoms with Gasteiger partial charge < -0.3 is 10.2 Å². The average molecular weight is 418 g/mol. The highest BCUT2D eigenvalue weighted by atomic mass is 32.2. The summed E-state index contributed by atoms with van der Waals surface area (Å²) in [6.07, 6.45) is 5.61. The average Bonchev–Trinajstić information content (AvgIpc) is 3.23. The van der Waals surface area contributed by atoms with E-state index in [9.17, 15) is 18.0 Å². The predicted molar refractivity (Wildman–Crippen MR) is 107 cm³/mol. The normalized spacial score (nSPS) is 25.2. The summed E-state index contributed by atoms with van der Waals surface area (Å²) in [5.41, 5.74) is 2.39. The van der Waals surface area contributed by atoms with E-state index in [0.717, 1.165) is 24.8 Å². The third kappa shape index (κ3) is 3.57. The summed E-state index contributed by atoms with van der Waals surface area (Å²) in [5.74, 6) is 0.200. The molecule has 0 radical (unpaired) electrons. The zero-order valence-electron chi connectivity index (χ0n) is 16.5. The van der Waals surface area contributed by atoms with Crippen LogP contribution in [-0.2, 0) is 32.5 Å². The van der Waals surface area contributed by atoms with E-state index < -0.39 is 10.0 Å². The largest absolute Gasteiger partial charge is 0.356 e. The van der Waals surface area contributed by atoms with Crippen LogP contribution < -0.4 is 5.32 Å². The van der Waals surface area contributed by atoms with Gasteiger partial charge in [-0.3, -0.25) is 9.59 Å². The molecule has 3 fully saturated rings. The van der Waals surface area contributed by atoms with Gasteiger partial charge in [0.05, 0.1) is 16.9 Å². The number of carbonyl (C=O) groups excluding carboxylic acids is 2. The number of benzene rings is 1. The Morgan fingerprint density at radius 1 is 1.10 bits per heavy atom. The molecule has 2 aliphatic heterocycles. The highest BCUT2D eigenvalue weighted by Gasteiger charge is 2.45. The highest BCUT2D eigenvalue weighted by Crippen LogP contribution is 2.32. The van der Waals surface area contributed by atoms with Crippen LogP contribution in [0.25, 0.3) is 0 Å². The molecule has 0 bridgehead atoms. The van der Waals surface area contributed by atoms with Crippen LogP contribution in [-0.4, -0.2) is 61.7 Å². The molecule has 2 amide bonds. The monoisotopic (exact) mass is 417 g/mol. The van der Waals surface area contributed by atoms with Crippen LogP contribution in [0.5, 0.6) is 0 Å². The fourth-order valence-electron chi connectivity index (χ4n) is 4.64. The van der Waals surface area contributed by atoms with Gasteiger partial charge in [-0.1, -0.05) is 6.07 Å². The second kappa shape index (κ2) is 7.09. The Bertz CT molecular complexity index is 951. The number of hydrogen-bond acceptors (Lipinski definition) is 4. The standard InChI is InChI=1S/C21H27N3O4S/c25-20-9-17(21(26)22-10-14-4-5-14)11-24(20)18-12-23(13-18)29(27,28)19-7-6-15-2-1-3-16(15)8-19/h6-8,14,17-18H,1-5,9-13H2,(H,22,26). The summed E-state index contributed by atoms with van der Waals surface area (Å²) < 4.78 is 27.3. The third-order valence-electron chi connectivity index (χ3n) is 6.77. The Hall–Kier alpha value is -1.93. The van der Waals surface area contributed by atoms with Crippen LogP contribution in [0.1, 0.15) is 36.8 Å². The van der Waals surface area contributed by atoms with Crippen molar-refractivity contribution in [2.45, 2.75) is 49.5 Å². The van der Waals surface area contributed by atoms with Gasteiger partial charge in [-0.15, -0.1) is 0 Å². The number of fused-ring (bicyclic) bond motifs is 1. The number of carbonyl (C=O) groups is 2. The van der Waals surface area contributed by atoms with Gasteiger partial charge >= 0.3 is 0 Å². The van der Waals surface area contributed by atoms with Crippen LogP contribution in [0.4, 0.5) is 0 Å². The Morgan fingerprint density at radius 2 is 1.86 bits per heavy atom. The minimum absolute atomic E-state index is 0.0452. The summed E-state index contributed by atoms with van der Waals surface area (Å²) in [7, 11) is -3.53. The van der Waals surface area contributed by atoms with Crippen LogP contribution in [0.3, 0.4) is 0 Å². The van der Waals surface area contributed by atoms with Crippen LogP contribution in [0.2, 0.25) is 0 Å². The molecule has 1 atom stereocenters. The van der Waals surface area contributed by atoms with Gasteiger partial charge in [-0.25, -0.2) is 8.42 Å². The molecule has 0 aromatic heterocycles. The Balaban J connectivity index is 1.19. The van der Waals surface area contributed by atoms with Crippen molar-refractivity contribution < 1.29 is 18.0 Å². The lowest BCUT2D eigenvalue weighted by molar-refractivity contribution is -0.132. The molecule has 1 aromatic rings.